The highest BCUT2D eigenvalue weighted by atomic mass is 35.5. The number of nitrogens with zero attached hydrogens (tertiary/aromatic N) is 3. The van der Waals surface area contributed by atoms with E-state index in [4.69, 9.17) is 30.2 Å². The van der Waals surface area contributed by atoms with Crippen LogP contribution < -0.4 is 10.3 Å². The maximum absolute atomic E-state index is 13.3. The number of aromatic nitrogens is 3. The van der Waals surface area contributed by atoms with Crippen molar-refractivity contribution in [2.45, 2.75) is 51.3 Å². The van der Waals surface area contributed by atoms with Gasteiger partial charge in [0.2, 0.25) is 5.89 Å². The van der Waals surface area contributed by atoms with Gasteiger partial charge in [0.05, 0.1) is 24.9 Å². The van der Waals surface area contributed by atoms with Gasteiger partial charge in [0.25, 0.3) is 5.56 Å². The van der Waals surface area contributed by atoms with Crippen molar-refractivity contribution in [1.82, 2.24) is 14.8 Å². The summed E-state index contributed by atoms with van der Waals surface area (Å²) < 4.78 is 61.5. The van der Waals surface area contributed by atoms with E-state index in [0.717, 1.165) is 0 Å². The minimum atomic E-state index is -4.83. The van der Waals surface area contributed by atoms with Gasteiger partial charge in [-0.25, -0.2) is 0 Å². The van der Waals surface area contributed by atoms with Gasteiger partial charge in [-0.05, 0) is 51.0 Å². The molecular formula is C24H27ClF3N3O6. The van der Waals surface area contributed by atoms with Crippen LogP contribution in [0.15, 0.2) is 39.7 Å². The summed E-state index contributed by atoms with van der Waals surface area (Å²) in [6.45, 7) is 5.51. The Morgan fingerprint density at radius 1 is 1.11 bits per heavy atom. The SMILES string of the molecule is COCCC(C(O)OC(C)(C)C)n1cc(OC)c(-c2cc(Cl)ccc2-c2nnc(C(F)(F)F)o2)cc1=O. The van der Waals surface area contributed by atoms with E-state index in [-0.39, 0.29) is 40.5 Å². The van der Waals surface area contributed by atoms with Crippen molar-refractivity contribution in [3.05, 3.63) is 51.7 Å². The Balaban J connectivity index is 2.15. The molecule has 1 N–H and O–H groups in total. The molecule has 3 rings (SSSR count). The van der Waals surface area contributed by atoms with E-state index in [2.05, 4.69) is 10.2 Å². The maximum atomic E-state index is 13.3. The van der Waals surface area contributed by atoms with Crippen LogP contribution in [0.3, 0.4) is 0 Å². The van der Waals surface area contributed by atoms with Crippen LogP contribution in [0.5, 0.6) is 5.75 Å². The number of pyridine rings is 1. The topological polar surface area (TPSA) is 109 Å². The smallest absolute Gasteiger partial charge is 0.470 e. The van der Waals surface area contributed by atoms with Crippen LogP contribution in [0.4, 0.5) is 13.2 Å². The van der Waals surface area contributed by atoms with Crippen LogP contribution in [0, 0.1) is 0 Å². The summed E-state index contributed by atoms with van der Waals surface area (Å²) in [5.74, 6) is -1.76. The van der Waals surface area contributed by atoms with Crippen molar-refractivity contribution in [2.24, 2.45) is 0 Å². The fourth-order valence-electron chi connectivity index (χ4n) is 3.63. The quantitative estimate of drug-likeness (QED) is 0.376. The second-order valence-corrected chi connectivity index (χ2v) is 9.51. The summed E-state index contributed by atoms with van der Waals surface area (Å²) in [6.07, 6.45) is -4.57. The van der Waals surface area contributed by atoms with E-state index in [1.165, 1.54) is 49.2 Å². The number of hydrogen-bond acceptors (Lipinski definition) is 8. The zero-order chi connectivity index (χ0) is 27.5. The molecule has 202 valence electrons. The molecular weight excluding hydrogens is 519 g/mol. The third kappa shape index (κ3) is 6.89. The Hall–Kier alpha value is -2.93. The first-order valence-corrected chi connectivity index (χ1v) is 11.5. The average molecular weight is 546 g/mol. The summed E-state index contributed by atoms with van der Waals surface area (Å²) in [5, 5.41) is 17.6. The molecule has 1 aromatic carbocycles. The molecule has 0 spiro atoms. The minimum absolute atomic E-state index is 0.106. The van der Waals surface area contributed by atoms with Gasteiger partial charge in [-0.15, -0.1) is 10.2 Å². The second kappa shape index (κ2) is 11.2. The molecule has 0 fully saturated rings. The first-order valence-electron chi connectivity index (χ1n) is 11.1. The van der Waals surface area contributed by atoms with Crippen LogP contribution in [-0.4, -0.2) is 52.6 Å². The monoisotopic (exact) mass is 545 g/mol. The van der Waals surface area contributed by atoms with Crippen molar-refractivity contribution >= 4 is 11.6 Å². The zero-order valence-electron chi connectivity index (χ0n) is 20.8. The van der Waals surface area contributed by atoms with Gasteiger partial charge in [0.15, 0.2) is 6.29 Å². The van der Waals surface area contributed by atoms with E-state index in [1.807, 2.05) is 0 Å². The van der Waals surface area contributed by atoms with Gasteiger partial charge < -0.3 is 28.3 Å². The largest absolute Gasteiger partial charge is 0.495 e. The molecule has 0 amide bonds. The van der Waals surface area contributed by atoms with Crippen LogP contribution in [0.2, 0.25) is 5.02 Å². The van der Waals surface area contributed by atoms with E-state index < -0.39 is 41.4 Å². The van der Waals surface area contributed by atoms with E-state index in [9.17, 15) is 23.1 Å². The normalized spacial score (nSPS) is 14.0. The fraction of sp³-hybridized carbons (Fsp3) is 0.458. The third-order valence-electron chi connectivity index (χ3n) is 5.21. The molecule has 0 radical (unpaired) electrons. The molecule has 2 atom stereocenters. The number of methoxy groups -OCH3 is 2. The van der Waals surface area contributed by atoms with Crippen molar-refractivity contribution in [3.8, 4) is 28.3 Å². The lowest BCUT2D eigenvalue weighted by Gasteiger charge is -2.31. The molecule has 2 heterocycles. The van der Waals surface area contributed by atoms with Crippen molar-refractivity contribution in [3.63, 3.8) is 0 Å². The van der Waals surface area contributed by atoms with Crippen LogP contribution in [-0.2, 0) is 15.7 Å². The minimum Gasteiger partial charge on any atom is -0.495 e. The number of alkyl halides is 3. The molecule has 37 heavy (non-hydrogen) atoms. The average Bonchev–Trinajstić information content (AvgIpc) is 3.29. The molecule has 0 bridgehead atoms. The number of halogens is 4. The maximum Gasteiger partial charge on any atom is 0.470 e. The number of hydrogen-bond donors (Lipinski definition) is 1. The van der Waals surface area contributed by atoms with Crippen LogP contribution >= 0.6 is 11.6 Å². The highest BCUT2D eigenvalue weighted by molar-refractivity contribution is 6.31. The number of benzene rings is 1. The summed E-state index contributed by atoms with van der Waals surface area (Å²) >= 11 is 6.17. The predicted molar refractivity (Wildman–Crippen MR) is 128 cm³/mol. The predicted octanol–water partition coefficient (Wildman–Crippen LogP) is 4.96. The molecule has 0 saturated heterocycles. The summed E-state index contributed by atoms with van der Waals surface area (Å²) in [4.78, 5) is 13.3. The van der Waals surface area contributed by atoms with Crippen LogP contribution in [0.1, 0.15) is 39.1 Å². The van der Waals surface area contributed by atoms with Crippen molar-refractivity contribution < 1.29 is 36.9 Å². The lowest BCUT2D eigenvalue weighted by atomic mass is 9.99. The van der Waals surface area contributed by atoms with Gasteiger partial charge in [0.1, 0.15) is 5.75 Å². The Morgan fingerprint density at radius 2 is 1.81 bits per heavy atom. The molecule has 0 aliphatic rings. The standard InChI is InChI=1S/C24H27ClF3N3O6/c1-23(2,3)37-21(33)17(8-9-34-4)31-12-18(35-5)16(11-19(31)32)15-10-13(25)6-7-14(15)20-29-30-22(36-20)24(26,27)28/h6-7,10-12,17,21,33H,8-9H2,1-5H3. The van der Waals surface area contributed by atoms with Gasteiger partial charge in [-0.2, -0.15) is 13.2 Å². The Kier molecular flexibility index (Phi) is 8.68. The molecule has 0 aliphatic heterocycles. The van der Waals surface area contributed by atoms with Crippen molar-refractivity contribution in [2.75, 3.05) is 20.8 Å². The van der Waals surface area contributed by atoms with E-state index in [1.54, 1.807) is 20.8 Å². The van der Waals surface area contributed by atoms with Crippen molar-refractivity contribution in [1.29, 1.82) is 0 Å². The second-order valence-electron chi connectivity index (χ2n) is 9.07. The summed E-state index contributed by atoms with van der Waals surface area (Å²) in [7, 11) is 2.85. The summed E-state index contributed by atoms with van der Waals surface area (Å²) in [6, 6.07) is 4.67. The molecule has 9 nitrogen and oxygen atoms in total. The lowest BCUT2D eigenvalue weighted by molar-refractivity contribution is -0.190. The van der Waals surface area contributed by atoms with E-state index >= 15 is 0 Å². The Bertz CT molecular complexity index is 1290. The Labute approximate surface area is 215 Å². The molecule has 2 aromatic heterocycles. The first-order chi connectivity index (χ1) is 17.2. The fourth-order valence-corrected chi connectivity index (χ4v) is 3.80. The van der Waals surface area contributed by atoms with Gasteiger partial charge in [0, 0.05) is 35.9 Å². The molecule has 0 aliphatic carbocycles. The number of aliphatic hydroxyl groups excluding tert-OH is 1. The Morgan fingerprint density at radius 3 is 2.38 bits per heavy atom. The summed E-state index contributed by atoms with van der Waals surface area (Å²) in [5.41, 5.74) is -0.695. The zero-order valence-corrected chi connectivity index (χ0v) is 21.6. The third-order valence-corrected chi connectivity index (χ3v) is 5.45. The highest BCUT2D eigenvalue weighted by Gasteiger charge is 2.38. The van der Waals surface area contributed by atoms with Gasteiger partial charge >= 0.3 is 12.1 Å². The number of ether oxygens (including phenoxy) is 3. The first kappa shape index (κ1) is 28.6. The van der Waals surface area contributed by atoms with Gasteiger partial charge in [-0.1, -0.05) is 11.6 Å². The molecule has 3 aromatic rings. The number of aliphatic hydroxyl groups is 1. The van der Waals surface area contributed by atoms with Crippen LogP contribution in [0.25, 0.3) is 22.6 Å². The van der Waals surface area contributed by atoms with Gasteiger partial charge in [-0.3, -0.25) is 4.79 Å². The molecule has 0 saturated carbocycles. The van der Waals surface area contributed by atoms with E-state index in [0.29, 0.717) is 0 Å². The number of rotatable bonds is 9. The molecule has 2 unspecified atom stereocenters. The molecule has 13 heteroatoms. The highest BCUT2D eigenvalue weighted by Crippen LogP contribution is 2.39. The lowest BCUT2D eigenvalue weighted by Crippen LogP contribution is -2.38.